The molecule has 6 heteroatoms. The molecule has 0 atom stereocenters. The molecular weight excluding hydrogens is 248 g/mol. The molecule has 0 unspecified atom stereocenters. The predicted octanol–water partition coefficient (Wildman–Crippen LogP) is 1.83. The van der Waals surface area contributed by atoms with Crippen LogP contribution in [0.25, 0.3) is 0 Å². The molecule has 0 aliphatic heterocycles. The van der Waals surface area contributed by atoms with Crippen molar-refractivity contribution in [3.63, 3.8) is 0 Å². The third-order valence-electron chi connectivity index (χ3n) is 3.50. The minimum absolute atomic E-state index is 0.102. The molecule has 1 heterocycles. The van der Waals surface area contributed by atoms with E-state index in [1.165, 1.54) is 37.4 Å². The Bertz CT molecular complexity index is 423. The van der Waals surface area contributed by atoms with E-state index in [9.17, 15) is 4.79 Å². The summed E-state index contributed by atoms with van der Waals surface area (Å²) in [5.41, 5.74) is 0. The lowest BCUT2D eigenvalue weighted by molar-refractivity contribution is -0.119. The lowest BCUT2D eigenvalue weighted by atomic mass is 10.2. The molecule has 1 amide bonds. The first-order valence-electron chi connectivity index (χ1n) is 6.66. The third-order valence-corrected chi connectivity index (χ3v) is 4.35. The van der Waals surface area contributed by atoms with Gasteiger partial charge in [0.1, 0.15) is 5.82 Å². The van der Waals surface area contributed by atoms with Crippen molar-refractivity contribution >= 4 is 17.7 Å². The van der Waals surface area contributed by atoms with Crippen LogP contribution in [0.5, 0.6) is 0 Å². The number of hydrogen-bond donors (Lipinski definition) is 2. The van der Waals surface area contributed by atoms with Gasteiger partial charge in [-0.3, -0.25) is 9.89 Å². The second-order valence-electron chi connectivity index (χ2n) is 5.12. The van der Waals surface area contributed by atoms with Crippen molar-refractivity contribution in [2.45, 2.75) is 55.6 Å². The van der Waals surface area contributed by atoms with E-state index in [0.29, 0.717) is 22.9 Å². The van der Waals surface area contributed by atoms with E-state index in [1.54, 1.807) is 0 Å². The van der Waals surface area contributed by atoms with Gasteiger partial charge in [-0.2, -0.15) is 0 Å². The average Bonchev–Trinajstić information content (AvgIpc) is 2.90. The van der Waals surface area contributed by atoms with Gasteiger partial charge < -0.3 is 5.32 Å². The molecule has 98 valence electrons. The van der Waals surface area contributed by atoms with Crippen LogP contribution >= 0.6 is 11.8 Å². The zero-order chi connectivity index (χ0) is 12.4. The highest BCUT2D eigenvalue weighted by atomic mass is 32.2. The first-order valence-corrected chi connectivity index (χ1v) is 7.64. The van der Waals surface area contributed by atoms with Gasteiger partial charge in [0.05, 0.1) is 5.75 Å². The Morgan fingerprint density at radius 2 is 2.11 bits per heavy atom. The van der Waals surface area contributed by atoms with E-state index in [4.69, 9.17) is 0 Å². The van der Waals surface area contributed by atoms with E-state index in [2.05, 4.69) is 20.5 Å². The molecular formula is C12H18N4OS. The van der Waals surface area contributed by atoms with Gasteiger partial charge in [-0.05, 0) is 25.7 Å². The molecule has 0 saturated heterocycles. The van der Waals surface area contributed by atoms with Crippen molar-refractivity contribution in [1.29, 1.82) is 0 Å². The molecule has 0 spiro atoms. The Balaban J connectivity index is 1.43. The summed E-state index contributed by atoms with van der Waals surface area (Å²) >= 11 is 1.41. The lowest BCUT2D eigenvalue weighted by Gasteiger charge is -2.10. The normalized spacial score (nSPS) is 20.2. The van der Waals surface area contributed by atoms with Crippen molar-refractivity contribution in [3.8, 4) is 0 Å². The number of hydrogen-bond acceptors (Lipinski definition) is 4. The minimum atomic E-state index is 0.102. The van der Waals surface area contributed by atoms with E-state index >= 15 is 0 Å². The Kier molecular flexibility index (Phi) is 3.54. The minimum Gasteiger partial charge on any atom is -0.353 e. The second kappa shape index (κ2) is 5.30. The number of rotatable bonds is 5. The summed E-state index contributed by atoms with van der Waals surface area (Å²) in [6.45, 7) is 0. The van der Waals surface area contributed by atoms with Crippen molar-refractivity contribution in [1.82, 2.24) is 20.5 Å². The number of aromatic amines is 1. The quantitative estimate of drug-likeness (QED) is 0.798. The van der Waals surface area contributed by atoms with E-state index in [-0.39, 0.29) is 5.91 Å². The zero-order valence-corrected chi connectivity index (χ0v) is 11.1. The highest BCUT2D eigenvalue weighted by Gasteiger charge is 2.27. The van der Waals surface area contributed by atoms with Gasteiger partial charge >= 0.3 is 0 Å². The van der Waals surface area contributed by atoms with Crippen LogP contribution in [-0.4, -0.2) is 32.9 Å². The highest BCUT2D eigenvalue weighted by Crippen LogP contribution is 2.38. The standard InChI is InChI=1S/C12H18N4OS/c17-10(13-9-3-1-2-4-9)7-18-12-14-11(15-16-12)8-5-6-8/h8-9H,1-7H2,(H,13,17)(H,14,15,16). The van der Waals surface area contributed by atoms with Gasteiger partial charge in [-0.25, -0.2) is 4.98 Å². The molecule has 2 fully saturated rings. The van der Waals surface area contributed by atoms with Crippen LogP contribution in [0.15, 0.2) is 5.16 Å². The van der Waals surface area contributed by atoms with Crippen LogP contribution in [0.3, 0.4) is 0 Å². The molecule has 1 aromatic rings. The summed E-state index contributed by atoms with van der Waals surface area (Å²) in [6.07, 6.45) is 7.15. The maximum Gasteiger partial charge on any atom is 0.230 e. The molecule has 0 bridgehead atoms. The van der Waals surface area contributed by atoms with E-state index in [0.717, 1.165) is 18.7 Å². The molecule has 0 radical (unpaired) electrons. The van der Waals surface area contributed by atoms with Gasteiger partial charge in [0.25, 0.3) is 0 Å². The fraction of sp³-hybridized carbons (Fsp3) is 0.750. The summed E-state index contributed by atoms with van der Waals surface area (Å²) < 4.78 is 0. The molecule has 2 aliphatic rings. The van der Waals surface area contributed by atoms with Crippen LogP contribution in [0.1, 0.15) is 50.3 Å². The summed E-state index contributed by atoms with van der Waals surface area (Å²) in [4.78, 5) is 16.1. The topological polar surface area (TPSA) is 70.7 Å². The Hall–Kier alpha value is -1.04. The summed E-state index contributed by atoms with van der Waals surface area (Å²) in [7, 11) is 0. The van der Waals surface area contributed by atoms with Crippen molar-refractivity contribution in [2.75, 3.05) is 5.75 Å². The van der Waals surface area contributed by atoms with Crippen LogP contribution in [0, 0.1) is 0 Å². The number of H-pyrrole nitrogens is 1. The molecule has 2 N–H and O–H groups in total. The van der Waals surface area contributed by atoms with Crippen LogP contribution < -0.4 is 5.32 Å². The first-order chi connectivity index (χ1) is 8.81. The first kappa shape index (κ1) is 12.0. The third kappa shape index (κ3) is 3.04. The number of carbonyl (C=O) groups excluding carboxylic acids is 1. The number of nitrogens with zero attached hydrogens (tertiary/aromatic N) is 2. The number of thioether (sulfide) groups is 1. The monoisotopic (exact) mass is 266 g/mol. The van der Waals surface area contributed by atoms with Gasteiger partial charge in [-0.1, -0.05) is 24.6 Å². The van der Waals surface area contributed by atoms with E-state index in [1.807, 2.05) is 0 Å². The van der Waals surface area contributed by atoms with Crippen LogP contribution in [-0.2, 0) is 4.79 Å². The zero-order valence-electron chi connectivity index (χ0n) is 10.3. The predicted molar refractivity (Wildman–Crippen MR) is 69.5 cm³/mol. The Morgan fingerprint density at radius 3 is 2.83 bits per heavy atom. The molecule has 1 aromatic heterocycles. The fourth-order valence-electron chi connectivity index (χ4n) is 2.33. The molecule has 3 rings (SSSR count). The Morgan fingerprint density at radius 1 is 1.33 bits per heavy atom. The number of carbonyl (C=O) groups is 1. The van der Waals surface area contributed by atoms with Crippen molar-refractivity contribution in [3.05, 3.63) is 5.82 Å². The number of aromatic nitrogens is 3. The molecule has 5 nitrogen and oxygen atoms in total. The number of nitrogens with one attached hydrogen (secondary N) is 2. The molecule has 2 saturated carbocycles. The second-order valence-corrected chi connectivity index (χ2v) is 6.06. The van der Waals surface area contributed by atoms with Crippen molar-refractivity contribution < 1.29 is 4.79 Å². The maximum atomic E-state index is 11.7. The summed E-state index contributed by atoms with van der Waals surface area (Å²) in [6, 6.07) is 0.396. The number of amides is 1. The maximum absolute atomic E-state index is 11.7. The van der Waals surface area contributed by atoms with Crippen LogP contribution in [0.2, 0.25) is 0 Å². The SMILES string of the molecule is O=C(CSc1n[nH]c(C2CC2)n1)NC1CCCC1. The van der Waals surface area contributed by atoms with Gasteiger partial charge in [0, 0.05) is 12.0 Å². The van der Waals surface area contributed by atoms with E-state index < -0.39 is 0 Å². The van der Waals surface area contributed by atoms with Crippen LogP contribution in [0.4, 0.5) is 0 Å². The summed E-state index contributed by atoms with van der Waals surface area (Å²) in [5, 5.41) is 10.8. The Labute approximate surface area is 111 Å². The fourth-order valence-corrected chi connectivity index (χ4v) is 2.95. The van der Waals surface area contributed by atoms with Gasteiger partial charge in [0.15, 0.2) is 0 Å². The van der Waals surface area contributed by atoms with Crippen molar-refractivity contribution in [2.24, 2.45) is 0 Å². The lowest BCUT2D eigenvalue weighted by Crippen LogP contribution is -2.33. The average molecular weight is 266 g/mol. The molecule has 18 heavy (non-hydrogen) atoms. The molecule has 0 aromatic carbocycles. The molecule has 2 aliphatic carbocycles. The summed E-state index contributed by atoms with van der Waals surface area (Å²) in [5.74, 6) is 2.08. The van der Waals surface area contributed by atoms with Gasteiger partial charge in [0.2, 0.25) is 11.1 Å². The van der Waals surface area contributed by atoms with Gasteiger partial charge in [-0.15, -0.1) is 5.10 Å². The highest BCUT2D eigenvalue weighted by molar-refractivity contribution is 7.99. The smallest absolute Gasteiger partial charge is 0.230 e. The largest absolute Gasteiger partial charge is 0.353 e.